The molecule has 0 atom stereocenters. The van der Waals surface area contributed by atoms with Gasteiger partial charge in [0.05, 0.1) is 17.7 Å². The molecule has 0 amide bonds. The molecule has 5 nitrogen and oxygen atoms in total. The second-order valence-electron chi connectivity index (χ2n) is 6.72. The van der Waals surface area contributed by atoms with Gasteiger partial charge in [-0.3, -0.25) is 0 Å². The number of rotatable bonds is 6. The molecule has 0 aliphatic carbocycles. The molecule has 162 valence electrons. The quantitative estimate of drug-likeness (QED) is 0.209. The van der Waals surface area contributed by atoms with Crippen molar-refractivity contribution in [1.82, 2.24) is 0 Å². The van der Waals surface area contributed by atoms with Gasteiger partial charge in [0.15, 0.2) is 17.2 Å². The minimum absolute atomic E-state index is 0.0136. The zero-order valence-corrected chi connectivity index (χ0v) is 19.7. The van der Waals surface area contributed by atoms with E-state index in [1.54, 1.807) is 48.5 Å². The van der Waals surface area contributed by atoms with Gasteiger partial charge >= 0.3 is 5.97 Å². The summed E-state index contributed by atoms with van der Waals surface area (Å²) >= 11 is 8.39. The van der Waals surface area contributed by atoms with E-state index >= 15 is 0 Å². The summed E-state index contributed by atoms with van der Waals surface area (Å²) < 4.78 is 31.6. The first-order chi connectivity index (χ1) is 15.5. The number of carbonyl (C=O) groups is 1. The fourth-order valence-corrected chi connectivity index (χ4v) is 3.75. The highest BCUT2D eigenvalue weighted by atomic mass is 127. The smallest absolute Gasteiger partial charge is 0.363 e. The first-order valence-electron chi connectivity index (χ1n) is 9.47. The van der Waals surface area contributed by atoms with Crippen LogP contribution in [0.2, 0.25) is 5.02 Å². The van der Waals surface area contributed by atoms with Gasteiger partial charge in [-0.1, -0.05) is 41.9 Å². The van der Waals surface area contributed by atoms with E-state index in [-0.39, 0.29) is 24.0 Å². The summed E-state index contributed by atoms with van der Waals surface area (Å²) in [6.07, 6.45) is 1.54. The molecule has 3 aromatic carbocycles. The van der Waals surface area contributed by atoms with E-state index in [1.165, 1.54) is 19.3 Å². The number of para-hydroxylation sites is 1. The zero-order valence-electron chi connectivity index (χ0n) is 16.8. The van der Waals surface area contributed by atoms with E-state index in [4.69, 9.17) is 25.8 Å². The normalized spacial score (nSPS) is 14.3. The lowest BCUT2D eigenvalue weighted by molar-refractivity contribution is -0.129. The van der Waals surface area contributed by atoms with Crippen LogP contribution >= 0.6 is 34.2 Å². The molecule has 0 spiro atoms. The third kappa shape index (κ3) is 4.78. The lowest BCUT2D eigenvalue weighted by Gasteiger charge is -2.14. The van der Waals surface area contributed by atoms with Crippen molar-refractivity contribution in [2.24, 2.45) is 4.99 Å². The number of halogens is 3. The highest BCUT2D eigenvalue weighted by Gasteiger charge is 2.26. The highest BCUT2D eigenvalue weighted by Crippen LogP contribution is 2.34. The number of esters is 1. The second-order valence-corrected chi connectivity index (χ2v) is 8.37. The Morgan fingerprint density at radius 1 is 1.16 bits per heavy atom. The summed E-state index contributed by atoms with van der Waals surface area (Å²) in [5, 5.41) is 0.425. The number of cyclic esters (lactones) is 1. The van der Waals surface area contributed by atoms with Crippen molar-refractivity contribution in [3.05, 3.63) is 97.5 Å². The fraction of sp³-hybridized carbons (Fsp3) is 0.0833. The number of benzene rings is 3. The Bertz CT molecular complexity index is 1260. The number of ether oxygens (including phenoxy) is 3. The molecule has 0 saturated heterocycles. The second kappa shape index (κ2) is 9.70. The number of hydrogen-bond acceptors (Lipinski definition) is 5. The molecular weight excluding hydrogens is 548 g/mol. The molecule has 8 heteroatoms. The predicted molar refractivity (Wildman–Crippen MR) is 129 cm³/mol. The van der Waals surface area contributed by atoms with Crippen LogP contribution < -0.4 is 9.47 Å². The molecule has 0 N–H and O–H groups in total. The van der Waals surface area contributed by atoms with Crippen molar-refractivity contribution in [2.45, 2.75) is 6.61 Å². The van der Waals surface area contributed by atoms with Gasteiger partial charge in [-0.15, -0.1) is 0 Å². The molecule has 0 bridgehead atoms. The van der Waals surface area contributed by atoms with Gasteiger partial charge in [0.2, 0.25) is 5.90 Å². The lowest BCUT2D eigenvalue weighted by atomic mass is 10.1. The first-order valence-corrected chi connectivity index (χ1v) is 10.9. The van der Waals surface area contributed by atoms with E-state index in [2.05, 4.69) is 27.6 Å². The van der Waals surface area contributed by atoms with Crippen LogP contribution in [0.1, 0.15) is 16.7 Å². The van der Waals surface area contributed by atoms with Crippen LogP contribution in [0.15, 0.2) is 71.4 Å². The molecule has 3 aromatic rings. The van der Waals surface area contributed by atoms with Gasteiger partial charge in [-0.2, -0.15) is 0 Å². The van der Waals surface area contributed by atoms with Crippen LogP contribution in [0.3, 0.4) is 0 Å². The largest absolute Gasteiger partial charge is 0.493 e. The summed E-state index contributed by atoms with van der Waals surface area (Å²) in [5.74, 6) is -0.0639. The van der Waals surface area contributed by atoms with Crippen LogP contribution in [0.4, 0.5) is 4.39 Å². The van der Waals surface area contributed by atoms with Crippen molar-refractivity contribution in [3.63, 3.8) is 0 Å². The molecule has 32 heavy (non-hydrogen) atoms. The Morgan fingerprint density at radius 3 is 2.75 bits per heavy atom. The Hall–Kier alpha value is -2.91. The average molecular weight is 564 g/mol. The number of methoxy groups -OCH3 is 1. The van der Waals surface area contributed by atoms with Crippen molar-refractivity contribution < 1.29 is 23.4 Å². The topological polar surface area (TPSA) is 57.1 Å². The van der Waals surface area contributed by atoms with Crippen molar-refractivity contribution in [3.8, 4) is 11.5 Å². The lowest BCUT2D eigenvalue weighted by Crippen LogP contribution is -2.06. The highest BCUT2D eigenvalue weighted by molar-refractivity contribution is 14.1. The summed E-state index contributed by atoms with van der Waals surface area (Å²) in [6.45, 7) is -0.0136. The molecule has 1 aliphatic rings. The number of hydrogen-bond donors (Lipinski definition) is 0. The zero-order chi connectivity index (χ0) is 22.7. The third-order valence-corrected chi connectivity index (χ3v) is 5.63. The summed E-state index contributed by atoms with van der Waals surface area (Å²) in [6, 6.07) is 16.9. The maximum atomic E-state index is 14.0. The maximum absolute atomic E-state index is 14.0. The van der Waals surface area contributed by atoms with E-state index in [9.17, 15) is 9.18 Å². The van der Waals surface area contributed by atoms with Gasteiger partial charge in [0.1, 0.15) is 12.4 Å². The van der Waals surface area contributed by atoms with Gasteiger partial charge < -0.3 is 14.2 Å². The number of nitrogens with zero attached hydrogens (tertiary/aromatic N) is 1. The fourth-order valence-electron chi connectivity index (χ4n) is 3.06. The van der Waals surface area contributed by atoms with Crippen LogP contribution in [-0.4, -0.2) is 19.0 Å². The number of carbonyl (C=O) groups excluding carboxylic acids is 1. The van der Waals surface area contributed by atoms with Gasteiger partial charge in [-0.05, 0) is 59.0 Å². The van der Waals surface area contributed by atoms with Gasteiger partial charge in [-0.25, -0.2) is 14.2 Å². The maximum Gasteiger partial charge on any atom is 0.363 e. The molecule has 0 radical (unpaired) electrons. The SMILES string of the molecule is COc1cccc(/C=C2\N=C(c3cc(I)ccc3Cl)OC2=O)c1OCc1ccccc1F. The van der Waals surface area contributed by atoms with Crippen molar-refractivity contribution in [2.75, 3.05) is 7.11 Å². The summed E-state index contributed by atoms with van der Waals surface area (Å²) in [4.78, 5) is 16.8. The van der Waals surface area contributed by atoms with Crippen LogP contribution in [0, 0.1) is 9.39 Å². The molecular formula is C24H16ClFINO4. The minimum Gasteiger partial charge on any atom is -0.493 e. The average Bonchev–Trinajstić information content (AvgIpc) is 3.15. The Morgan fingerprint density at radius 2 is 1.97 bits per heavy atom. The monoisotopic (exact) mass is 563 g/mol. The first kappa shape index (κ1) is 22.3. The summed E-state index contributed by atoms with van der Waals surface area (Å²) in [5.41, 5.74) is 1.54. The van der Waals surface area contributed by atoms with Crippen molar-refractivity contribution >= 4 is 52.1 Å². The summed E-state index contributed by atoms with van der Waals surface area (Å²) in [7, 11) is 1.50. The molecule has 0 aromatic heterocycles. The molecule has 0 fully saturated rings. The predicted octanol–water partition coefficient (Wildman–Crippen LogP) is 6.02. The van der Waals surface area contributed by atoms with Gasteiger partial charge in [0, 0.05) is 14.7 Å². The standard InChI is InChI=1S/C24H16ClFINO4/c1-30-21-8-4-6-14(22(21)31-13-15-5-2-3-7-19(15)26)11-20-24(29)32-23(28-20)17-12-16(27)9-10-18(17)25/h2-12H,13H2,1H3/b20-11-. The Balaban J connectivity index is 1.69. The van der Waals surface area contributed by atoms with E-state index in [0.29, 0.717) is 33.2 Å². The third-order valence-electron chi connectivity index (χ3n) is 4.63. The molecule has 4 rings (SSSR count). The van der Waals surface area contributed by atoms with Crippen LogP contribution in [0.25, 0.3) is 6.08 Å². The molecule has 1 heterocycles. The minimum atomic E-state index is -0.613. The van der Waals surface area contributed by atoms with E-state index in [1.807, 2.05) is 6.07 Å². The van der Waals surface area contributed by atoms with E-state index in [0.717, 1.165) is 3.57 Å². The van der Waals surface area contributed by atoms with Crippen molar-refractivity contribution in [1.29, 1.82) is 0 Å². The Kier molecular flexibility index (Phi) is 6.76. The van der Waals surface area contributed by atoms with Crippen LogP contribution in [0.5, 0.6) is 11.5 Å². The molecule has 0 unspecified atom stereocenters. The molecule has 0 saturated carbocycles. The molecule has 1 aliphatic heterocycles. The van der Waals surface area contributed by atoms with Gasteiger partial charge in [0.25, 0.3) is 0 Å². The Labute approximate surface area is 202 Å². The number of aliphatic imine (C=N–C) groups is 1. The van der Waals surface area contributed by atoms with E-state index < -0.39 is 5.97 Å². The van der Waals surface area contributed by atoms with Crippen LogP contribution in [-0.2, 0) is 16.1 Å².